The Morgan fingerprint density at radius 1 is 1.50 bits per heavy atom. The van der Waals surface area contributed by atoms with Gasteiger partial charge in [-0.1, -0.05) is 5.92 Å². The molecule has 0 aliphatic rings. The van der Waals surface area contributed by atoms with E-state index in [0.29, 0.717) is 5.82 Å². The number of rotatable bonds is 1. The molecule has 0 aliphatic carbocycles. The lowest BCUT2D eigenvalue weighted by Gasteiger charge is -2.18. The second kappa shape index (κ2) is 6.01. The van der Waals surface area contributed by atoms with Crippen molar-refractivity contribution in [3.63, 3.8) is 0 Å². The quantitative estimate of drug-likeness (QED) is 0.766. The van der Waals surface area contributed by atoms with Gasteiger partial charge >= 0.3 is 6.09 Å². The average molecular weight is 247 g/mol. The lowest BCUT2D eigenvalue weighted by atomic mass is 10.2. The molecule has 5 heteroatoms. The van der Waals surface area contributed by atoms with Gasteiger partial charge in [0.1, 0.15) is 5.60 Å². The van der Waals surface area contributed by atoms with Crippen LogP contribution in [0.1, 0.15) is 32.3 Å². The van der Waals surface area contributed by atoms with Crippen LogP contribution >= 0.6 is 0 Å². The fraction of sp³-hybridized carbons (Fsp3) is 0.462. The SMILES string of the molecule is Cc1ccnc(C#CCNC(=O)OC(C)(C)C)n1. The summed E-state index contributed by atoms with van der Waals surface area (Å²) >= 11 is 0. The second-order valence-electron chi connectivity index (χ2n) is 4.68. The number of aryl methyl sites for hydroxylation is 1. The zero-order valence-corrected chi connectivity index (χ0v) is 11.1. The molecule has 1 aromatic rings. The summed E-state index contributed by atoms with van der Waals surface area (Å²) in [5, 5.41) is 2.53. The van der Waals surface area contributed by atoms with Crippen molar-refractivity contribution < 1.29 is 9.53 Å². The summed E-state index contributed by atoms with van der Waals surface area (Å²) in [6.45, 7) is 7.48. The van der Waals surface area contributed by atoms with E-state index in [1.807, 2.05) is 6.92 Å². The number of nitrogens with one attached hydrogen (secondary N) is 1. The van der Waals surface area contributed by atoms with E-state index in [2.05, 4.69) is 27.1 Å². The van der Waals surface area contributed by atoms with Gasteiger partial charge in [-0.15, -0.1) is 0 Å². The van der Waals surface area contributed by atoms with Crippen LogP contribution < -0.4 is 5.32 Å². The van der Waals surface area contributed by atoms with Gasteiger partial charge in [-0.05, 0) is 39.7 Å². The highest BCUT2D eigenvalue weighted by Crippen LogP contribution is 2.05. The van der Waals surface area contributed by atoms with Crippen LogP contribution in [-0.4, -0.2) is 28.2 Å². The number of hydrogen-bond donors (Lipinski definition) is 1. The molecule has 1 aromatic heterocycles. The number of amides is 1. The average Bonchev–Trinajstić information content (AvgIpc) is 2.22. The van der Waals surface area contributed by atoms with Gasteiger partial charge in [-0.25, -0.2) is 14.8 Å². The third-order valence-electron chi connectivity index (χ3n) is 1.72. The highest BCUT2D eigenvalue weighted by Gasteiger charge is 2.14. The van der Waals surface area contributed by atoms with Crippen LogP contribution in [-0.2, 0) is 4.74 Å². The van der Waals surface area contributed by atoms with Crippen LogP contribution in [0.3, 0.4) is 0 Å². The van der Waals surface area contributed by atoms with Gasteiger partial charge in [-0.3, -0.25) is 0 Å². The van der Waals surface area contributed by atoms with E-state index in [-0.39, 0.29) is 6.54 Å². The molecule has 0 aliphatic heterocycles. The van der Waals surface area contributed by atoms with E-state index in [1.165, 1.54) is 0 Å². The van der Waals surface area contributed by atoms with Gasteiger partial charge < -0.3 is 10.1 Å². The first-order valence-electron chi connectivity index (χ1n) is 5.62. The van der Waals surface area contributed by atoms with Crippen LogP contribution in [0.15, 0.2) is 12.3 Å². The minimum Gasteiger partial charge on any atom is -0.444 e. The van der Waals surface area contributed by atoms with Gasteiger partial charge in [0.05, 0.1) is 6.54 Å². The van der Waals surface area contributed by atoms with E-state index < -0.39 is 11.7 Å². The van der Waals surface area contributed by atoms with Crippen LogP contribution in [0.25, 0.3) is 0 Å². The molecule has 0 spiro atoms. The molecule has 0 radical (unpaired) electrons. The topological polar surface area (TPSA) is 64.1 Å². The van der Waals surface area contributed by atoms with Crippen molar-refractivity contribution in [1.82, 2.24) is 15.3 Å². The minimum absolute atomic E-state index is 0.201. The number of hydrogen-bond acceptors (Lipinski definition) is 4. The maximum atomic E-state index is 11.3. The van der Waals surface area contributed by atoms with Gasteiger partial charge in [-0.2, -0.15) is 0 Å². The van der Waals surface area contributed by atoms with Gasteiger partial charge in [0.25, 0.3) is 0 Å². The molecule has 1 amide bonds. The van der Waals surface area contributed by atoms with Gasteiger partial charge in [0.2, 0.25) is 5.82 Å². The molecule has 1 heterocycles. The third-order valence-corrected chi connectivity index (χ3v) is 1.72. The monoisotopic (exact) mass is 247 g/mol. The van der Waals surface area contributed by atoms with E-state index in [0.717, 1.165) is 5.69 Å². The molecule has 5 nitrogen and oxygen atoms in total. The lowest BCUT2D eigenvalue weighted by Crippen LogP contribution is -2.32. The Morgan fingerprint density at radius 2 is 2.22 bits per heavy atom. The zero-order valence-electron chi connectivity index (χ0n) is 11.1. The second-order valence-corrected chi connectivity index (χ2v) is 4.68. The molecule has 0 bridgehead atoms. The molecular weight excluding hydrogens is 230 g/mol. The number of nitrogens with zero attached hydrogens (tertiary/aromatic N) is 2. The molecule has 0 atom stereocenters. The molecule has 1 N–H and O–H groups in total. The summed E-state index contributed by atoms with van der Waals surface area (Å²) in [4.78, 5) is 19.4. The molecular formula is C13H17N3O2. The first kappa shape index (κ1) is 14.0. The fourth-order valence-electron chi connectivity index (χ4n) is 1.06. The van der Waals surface area contributed by atoms with Crippen molar-refractivity contribution in [2.75, 3.05) is 6.54 Å². The lowest BCUT2D eigenvalue weighted by molar-refractivity contribution is 0.0535. The highest BCUT2D eigenvalue weighted by atomic mass is 16.6. The van der Waals surface area contributed by atoms with E-state index in [9.17, 15) is 4.79 Å². The smallest absolute Gasteiger partial charge is 0.408 e. The number of ether oxygens (including phenoxy) is 1. The number of alkyl carbamates (subject to hydrolysis) is 1. The largest absolute Gasteiger partial charge is 0.444 e. The third kappa shape index (κ3) is 5.85. The molecule has 0 saturated carbocycles. The Bertz CT molecular complexity index is 481. The molecule has 0 aromatic carbocycles. The van der Waals surface area contributed by atoms with Crippen LogP contribution in [0.4, 0.5) is 4.79 Å². The van der Waals surface area contributed by atoms with Crippen molar-refractivity contribution in [3.8, 4) is 11.8 Å². The van der Waals surface area contributed by atoms with E-state index in [4.69, 9.17) is 4.74 Å². The molecule has 1 rings (SSSR count). The van der Waals surface area contributed by atoms with Crippen LogP contribution in [0.5, 0.6) is 0 Å². The highest BCUT2D eigenvalue weighted by molar-refractivity contribution is 5.68. The maximum Gasteiger partial charge on any atom is 0.408 e. The van der Waals surface area contributed by atoms with Crippen molar-refractivity contribution >= 4 is 6.09 Å². The maximum absolute atomic E-state index is 11.3. The zero-order chi connectivity index (χ0) is 13.6. The molecule has 18 heavy (non-hydrogen) atoms. The summed E-state index contributed by atoms with van der Waals surface area (Å²) in [6.07, 6.45) is 1.16. The number of carbonyl (C=O) groups is 1. The molecule has 0 fully saturated rings. The summed E-state index contributed by atoms with van der Waals surface area (Å²) in [5.74, 6) is 5.97. The summed E-state index contributed by atoms with van der Waals surface area (Å²) < 4.78 is 5.06. The number of carbonyl (C=O) groups excluding carboxylic acids is 1. The Balaban J connectivity index is 2.41. The first-order chi connectivity index (χ1) is 8.37. The van der Waals surface area contributed by atoms with Crippen LogP contribution in [0.2, 0.25) is 0 Å². The summed E-state index contributed by atoms with van der Waals surface area (Å²) in [6, 6.07) is 1.80. The first-order valence-corrected chi connectivity index (χ1v) is 5.62. The predicted octanol–water partition coefficient (Wildman–Crippen LogP) is 1.66. The predicted molar refractivity (Wildman–Crippen MR) is 67.9 cm³/mol. The van der Waals surface area contributed by atoms with Crippen molar-refractivity contribution in [3.05, 3.63) is 23.8 Å². The fourth-order valence-corrected chi connectivity index (χ4v) is 1.06. The Labute approximate surface area is 107 Å². The minimum atomic E-state index is -0.503. The standard InChI is InChI=1S/C13H17N3O2/c1-10-7-9-14-11(16-10)6-5-8-15-12(17)18-13(2,3)4/h7,9H,8H2,1-4H3,(H,15,17). The Hall–Kier alpha value is -2.09. The normalized spacial score (nSPS) is 10.2. The van der Waals surface area contributed by atoms with Crippen LogP contribution in [0, 0.1) is 18.8 Å². The van der Waals surface area contributed by atoms with Gasteiger partial charge in [0, 0.05) is 11.9 Å². The van der Waals surface area contributed by atoms with Crippen molar-refractivity contribution in [1.29, 1.82) is 0 Å². The molecule has 0 unspecified atom stereocenters. The Kier molecular flexibility index (Phi) is 4.67. The molecule has 0 saturated heterocycles. The molecule has 96 valence electrons. The van der Waals surface area contributed by atoms with Crippen molar-refractivity contribution in [2.45, 2.75) is 33.3 Å². The summed E-state index contributed by atoms with van der Waals surface area (Å²) in [7, 11) is 0. The van der Waals surface area contributed by atoms with Crippen molar-refractivity contribution in [2.24, 2.45) is 0 Å². The van der Waals surface area contributed by atoms with Gasteiger partial charge in [0.15, 0.2) is 0 Å². The Morgan fingerprint density at radius 3 is 2.83 bits per heavy atom. The number of aromatic nitrogens is 2. The van der Waals surface area contributed by atoms with E-state index in [1.54, 1.807) is 33.0 Å². The van der Waals surface area contributed by atoms with E-state index >= 15 is 0 Å². The summed E-state index contributed by atoms with van der Waals surface area (Å²) in [5.41, 5.74) is 0.353.